The summed E-state index contributed by atoms with van der Waals surface area (Å²) >= 11 is 0. The summed E-state index contributed by atoms with van der Waals surface area (Å²) in [6, 6.07) is 3.56. The largest absolute Gasteiger partial charge is 0.337 e. The van der Waals surface area contributed by atoms with Gasteiger partial charge in [-0.05, 0) is 47.5 Å². The zero-order valence-electron chi connectivity index (χ0n) is 26.6. The number of carbonyl (C=O) groups is 2. The number of nitriles is 1. The highest BCUT2D eigenvalue weighted by molar-refractivity contribution is 5.83. The van der Waals surface area contributed by atoms with Gasteiger partial charge in [-0.25, -0.2) is 0 Å². The molecule has 0 spiro atoms. The highest BCUT2D eigenvalue weighted by Gasteiger charge is 2.72. The van der Waals surface area contributed by atoms with Gasteiger partial charge in [0, 0.05) is 48.5 Å². The van der Waals surface area contributed by atoms with Gasteiger partial charge in [0.05, 0.1) is 22.7 Å². The van der Waals surface area contributed by atoms with E-state index < -0.39 is 16.5 Å². The van der Waals surface area contributed by atoms with Crippen molar-refractivity contribution in [2.75, 3.05) is 20.1 Å². The summed E-state index contributed by atoms with van der Waals surface area (Å²) in [7, 11) is 1.88. The van der Waals surface area contributed by atoms with E-state index in [2.05, 4.69) is 65.6 Å². The maximum atomic E-state index is 13.0. The summed E-state index contributed by atoms with van der Waals surface area (Å²) in [4.78, 5) is 33.1. The first kappa shape index (κ1) is 31.8. The van der Waals surface area contributed by atoms with E-state index in [-0.39, 0.29) is 28.2 Å². The van der Waals surface area contributed by atoms with Crippen molar-refractivity contribution in [1.29, 1.82) is 5.26 Å². The monoisotopic (exact) mass is 527 g/mol. The number of rotatable bonds is 1. The van der Waals surface area contributed by atoms with Crippen LogP contribution in [0.2, 0.25) is 0 Å². The highest BCUT2D eigenvalue weighted by Crippen LogP contribution is 2.61. The molecule has 0 N–H and O–H groups in total. The normalized spacial score (nSPS) is 29.1. The Morgan fingerprint density at radius 1 is 0.921 bits per heavy atom. The van der Waals surface area contributed by atoms with Crippen molar-refractivity contribution >= 4 is 11.8 Å². The second-order valence-electron chi connectivity index (χ2n) is 15.2. The third-order valence-corrected chi connectivity index (χ3v) is 10.4. The summed E-state index contributed by atoms with van der Waals surface area (Å²) in [6.45, 7) is 28.3. The van der Waals surface area contributed by atoms with Crippen molar-refractivity contribution in [2.45, 2.75) is 132 Å². The molecular weight excluding hydrogens is 474 g/mol. The van der Waals surface area contributed by atoms with Crippen molar-refractivity contribution in [3.05, 3.63) is 0 Å². The summed E-state index contributed by atoms with van der Waals surface area (Å²) < 4.78 is 0. The number of likely N-dealkylation sites (N-methyl/N-ethyl adjacent to an activating group) is 1. The summed E-state index contributed by atoms with van der Waals surface area (Å²) in [5.41, 5.74) is -2.31. The topological polar surface area (TPSA) is 70.9 Å². The number of carbonyl (C=O) groups excluding carboxylic acids is 2. The molecule has 0 aromatic carbocycles. The maximum absolute atomic E-state index is 13.0. The first-order valence-electron chi connectivity index (χ1n) is 14.0. The minimum absolute atomic E-state index is 0.103. The molecule has 3 rings (SSSR count). The molecule has 0 radical (unpaired) electrons. The molecule has 0 saturated carbocycles. The van der Waals surface area contributed by atoms with E-state index in [1.165, 1.54) is 0 Å². The molecule has 3 saturated heterocycles. The number of fused-ring (bicyclic) bond motifs is 2. The van der Waals surface area contributed by atoms with E-state index >= 15 is 0 Å². The number of likely N-dealkylation sites (tertiary alicyclic amines) is 3. The Bertz CT molecular complexity index is 1020. The lowest BCUT2D eigenvalue weighted by molar-refractivity contribution is -0.151. The second kappa shape index (κ2) is 9.65. The van der Waals surface area contributed by atoms with E-state index in [0.29, 0.717) is 12.1 Å². The van der Waals surface area contributed by atoms with Crippen LogP contribution in [-0.2, 0) is 9.59 Å². The zero-order valence-corrected chi connectivity index (χ0v) is 26.6. The molecule has 3 atom stereocenters. The molecule has 0 aliphatic carbocycles. The van der Waals surface area contributed by atoms with Crippen molar-refractivity contribution in [1.82, 2.24) is 19.6 Å². The lowest BCUT2D eigenvalue weighted by atomic mass is 9.60. The van der Waals surface area contributed by atoms with Crippen LogP contribution in [0.1, 0.15) is 103 Å². The Morgan fingerprint density at radius 3 is 1.84 bits per heavy atom. The van der Waals surface area contributed by atoms with Crippen LogP contribution in [0.15, 0.2) is 0 Å². The lowest BCUT2D eigenvalue weighted by Gasteiger charge is -2.54. The van der Waals surface area contributed by atoms with Crippen molar-refractivity contribution in [2.24, 2.45) is 16.2 Å². The number of hydrogen-bond acceptors (Lipinski definition) is 5. The van der Waals surface area contributed by atoms with Gasteiger partial charge in [0.1, 0.15) is 0 Å². The van der Waals surface area contributed by atoms with Gasteiger partial charge in [-0.3, -0.25) is 14.5 Å². The molecule has 214 valence electrons. The fourth-order valence-corrected chi connectivity index (χ4v) is 7.06. The van der Waals surface area contributed by atoms with Gasteiger partial charge < -0.3 is 14.7 Å². The number of piperidine rings is 1. The second-order valence-corrected chi connectivity index (χ2v) is 15.2. The molecule has 7 nitrogen and oxygen atoms in total. The minimum atomic E-state index is -0.483. The van der Waals surface area contributed by atoms with Crippen molar-refractivity contribution < 1.29 is 9.59 Å². The molecule has 3 heterocycles. The van der Waals surface area contributed by atoms with Crippen LogP contribution >= 0.6 is 0 Å². The first-order chi connectivity index (χ1) is 16.9. The van der Waals surface area contributed by atoms with Crippen molar-refractivity contribution in [3.8, 4) is 18.7 Å². The van der Waals surface area contributed by atoms with Crippen LogP contribution in [-0.4, -0.2) is 80.3 Å². The highest BCUT2D eigenvalue weighted by atomic mass is 16.2. The quantitative estimate of drug-likeness (QED) is 0.357. The number of amides is 2. The standard InChI is InChI=1S/C18H33N3O.C13H20N2O/c1-14(2,3)13(22)20(11)18(10)15(4,5)16(6,7)21(12-19)17(18,8)9;1-5-14-9-11-8-10(14)6-7-15(11)12(16)13(2,3)4/h1-11H3;1,10-11H,6-9H2,2-4H3. The average molecular weight is 528 g/mol. The third kappa shape index (κ3) is 4.65. The van der Waals surface area contributed by atoms with Gasteiger partial charge in [0.25, 0.3) is 0 Å². The van der Waals surface area contributed by atoms with E-state index in [1.54, 1.807) is 0 Å². The number of terminal acetylenes is 1. The summed E-state index contributed by atoms with van der Waals surface area (Å²) in [5.74, 6) is 0.363. The molecule has 0 aromatic heterocycles. The van der Waals surface area contributed by atoms with Crippen LogP contribution in [0.3, 0.4) is 0 Å². The average Bonchev–Trinajstić information content (AvgIpc) is 3.14. The van der Waals surface area contributed by atoms with Crippen LogP contribution in [0.25, 0.3) is 0 Å². The van der Waals surface area contributed by atoms with Crippen molar-refractivity contribution in [3.63, 3.8) is 0 Å². The molecule has 2 bridgehead atoms. The first-order valence-corrected chi connectivity index (χ1v) is 14.0. The third-order valence-electron chi connectivity index (χ3n) is 10.4. The molecule has 3 fully saturated rings. The van der Waals surface area contributed by atoms with Crippen LogP contribution in [0.4, 0.5) is 0 Å². The number of hydrogen-bond donors (Lipinski definition) is 0. The maximum Gasteiger partial charge on any atom is 0.228 e. The Morgan fingerprint density at radius 2 is 1.45 bits per heavy atom. The molecule has 3 aliphatic heterocycles. The fourth-order valence-electron chi connectivity index (χ4n) is 7.06. The SMILES string of the molecule is C#CN1CC2CC1CCN2C(=O)C(C)(C)C.CN(C(=O)C(C)(C)C)C1(C)C(C)(C)N(C#N)C(C)(C)C1(C)C. The summed E-state index contributed by atoms with van der Waals surface area (Å²) in [6.07, 6.45) is 9.92. The van der Waals surface area contributed by atoms with Gasteiger partial charge in [0.2, 0.25) is 11.8 Å². The molecule has 2 amide bonds. The van der Waals surface area contributed by atoms with Crippen LogP contribution in [0.5, 0.6) is 0 Å². The molecule has 7 heteroatoms. The smallest absolute Gasteiger partial charge is 0.228 e. The predicted molar refractivity (Wildman–Crippen MR) is 154 cm³/mol. The predicted octanol–water partition coefficient (Wildman–Crippen LogP) is 4.93. The van der Waals surface area contributed by atoms with Gasteiger partial charge in [0.15, 0.2) is 6.19 Å². The minimum Gasteiger partial charge on any atom is -0.337 e. The summed E-state index contributed by atoms with van der Waals surface area (Å²) in [5, 5.41) is 9.75. The van der Waals surface area contributed by atoms with E-state index in [1.807, 2.05) is 63.3 Å². The van der Waals surface area contributed by atoms with E-state index in [0.717, 1.165) is 25.9 Å². The Labute approximate surface area is 232 Å². The van der Waals surface area contributed by atoms with Crippen LogP contribution in [0, 0.1) is 40.2 Å². The molecule has 0 aromatic rings. The Balaban J connectivity index is 0.000000279. The van der Waals surface area contributed by atoms with E-state index in [9.17, 15) is 14.9 Å². The lowest BCUT2D eigenvalue weighted by Crippen LogP contribution is -2.66. The number of nitrogens with zero attached hydrogens (tertiary/aromatic N) is 5. The van der Waals surface area contributed by atoms with Gasteiger partial charge in [-0.1, -0.05) is 61.8 Å². The van der Waals surface area contributed by atoms with E-state index in [4.69, 9.17) is 6.42 Å². The Kier molecular flexibility index (Phi) is 8.08. The fraction of sp³-hybridized carbons (Fsp3) is 0.839. The van der Waals surface area contributed by atoms with Gasteiger partial charge >= 0.3 is 0 Å². The molecule has 3 aliphatic rings. The van der Waals surface area contributed by atoms with Gasteiger partial charge in [-0.15, -0.1) is 0 Å². The van der Waals surface area contributed by atoms with Gasteiger partial charge in [-0.2, -0.15) is 5.26 Å². The molecular formula is C31H53N5O2. The van der Waals surface area contributed by atoms with Crippen LogP contribution < -0.4 is 0 Å². The zero-order chi connectivity index (χ0) is 29.9. The molecule has 38 heavy (non-hydrogen) atoms. The molecule has 3 unspecified atom stereocenters. The Hall–Kier alpha value is -2.41.